The molecule has 1 unspecified atom stereocenters. The topological polar surface area (TPSA) is 73.1 Å². The number of rotatable bonds is 4. The summed E-state index contributed by atoms with van der Waals surface area (Å²) in [5.74, 6) is 1.88. The van der Waals surface area contributed by atoms with Gasteiger partial charge in [0.05, 0.1) is 12.4 Å². The molecule has 0 spiro atoms. The fourth-order valence-electron chi connectivity index (χ4n) is 1.68. The molecule has 2 rings (SSSR count). The van der Waals surface area contributed by atoms with Crippen LogP contribution in [0.15, 0.2) is 12.4 Å². The minimum Gasteiger partial charge on any atom is -0.382 e. The predicted octanol–water partition coefficient (Wildman–Crippen LogP) is 0.897. The van der Waals surface area contributed by atoms with E-state index < -0.39 is 0 Å². The Bertz CT molecular complexity index is 312. The van der Waals surface area contributed by atoms with E-state index in [4.69, 9.17) is 10.5 Å². The number of aromatic nitrogens is 2. The minimum absolute atomic E-state index is 0.448. The summed E-state index contributed by atoms with van der Waals surface area (Å²) in [6.45, 7) is 2.69. The van der Waals surface area contributed by atoms with Crippen LogP contribution in [0.4, 0.5) is 11.6 Å². The van der Waals surface area contributed by atoms with Crippen LogP contribution in [0.5, 0.6) is 0 Å². The highest BCUT2D eigenvalue weighted by atomic mass is 16.5. The van der Waals surface area contributed by atoms with Crippen LogP contribution >= 0.6 is 0 Å². The SMILES string of the molecule is Nc1cncc(NCCC2CCOC2)n1. The van der Waals surface area contributed by atoms with Gasteiger partial charge in [-0.1, -0.05) is 0 Å². The molecule has 2 heterocycles. The molecule has 1 atom stereocenters. The van der Waals surface area contributed by atoms with Gasteiger partial charge in [-0.25, -0.2) is 4.98 Å². The van der Waals surface area contributed by atoms with Crippen molar-refractivity contribution in [1.82, 2.24) is 9.97 Å². The van der Waals surface area contributed by atoms with Crippen molar-refractivity contribution in [3.63, 3.8) is 0 Å². The maximum atomic E-state index is 5.52. The number of anilines is 2. The van der Waals surface area contributed by atoms with Crippen LogP contribution in [-0.2, 0) is 4.74 Å². The van der Waals surface area contributed by atoms with Gasteiger partial charge in [0.15, 0.2) is 0 Å². The summed E-state index contributed by atoms with van der Waals surface area (Å²) in [7, 11) is 0. The summed E-state index contributed by atoms with van der Waals surface area (Å²) in [5, 5.41) is 3.20. The number of nitrogens with two attached hydrogens (primary N) is 1. The molecule has 5 nitrogen and oxygen atoms in total. The summed E-state index contributed by atoms with van der Waals surface area (Å²) < 4.78 is 5.30. The maximum Gasteiger partial charge on any atom is 0.146 e. The zero-order valence-electron chi connectivity index (χ0n) is 8.65. The van der Waals surface area contributed by atoms with Crippen molar-refractivity contribution >= 4 is 11.6 Å². The Balaban J connectivity index is 1.73. The van der Waals surface area contributed by atoms with Crippen LogP contribution in [0.1, 0.15) is 12.8 Å². The number of nitrogen functional groups attached to an aromatic ring is 1. The van der Waals surface area contributed by atoms with Crippen molar-refractivity contribution in [3.8, 4) is 0 Å². The fourth-order valence-corrected chi connectivity index (χ4v) is 1.68. The first-order valence-corrected chi connectivity index (χ1v) is 5.24. The van der Waals surface area contributed by atoms with Gasteiger partial charge in [-0.15, -0.1) is 0 Å². The normalized spacial score (nSPS) is 20.4. The van der Waals surface area contributed by atoms with Crippen molar-refractivity contribution < 1.29 is 4.74 Å². The molecule has 0 aromatic carbocycles. The molecule has 0 radical (unpaired) electrons. The molecule has 5 heteroatoms. The van der Waals surface area contributed by atoms with E-state index in [9.17, 15) is 0 Å². The van der Waals surface area contributed by atoms with E-state index in [-0.39, 0.29) is 0 Å². The van der Waals surface area contributed by atoms with Crippen molar-refractivity contribution in [3.05, 3.63) is 12.4 Å². The second kappa shape index (κ2) is 4.93. The quantitative estimate of drug-likeness (QED) is 0.769. The first-order chi connectivity index (χ1) is 7.34. The standard InChI is InChI=1S/C10H16N4O/c11-9-5-12-6-10(14-9)13-3-1-8-2-4-15-7-8/h5-6,8H,1-4,7H2,(H3,11,13,14). The molecule has 3 N–H and O–H groups in total. The van der Waals surface area contributed by atoms with Gasteiger partial charge in [0.2, 0.25) is 0 Å². The largest absolute Gasteiger partial charge is 0.382 e. The average Bonchev–Trinajstić information content (AvgIpc) is 2.71. The van der Waals surface area contributed by atoms with Crippen LogP contribution in [-0.4, -0.2) is 29.7 Å². The number of hydrogen-bond donors (Lipinski definition) is 2. The second-order valence-corrected chi connectivity index (χ2v) is 3.77. The first-order valence-electron chi connectivity index (χ1n) is 5.24. The predicted molar refractivity (Wildman–Crippen MR) is 58.5 cm³/mol. The van der Waals surface area contributed by atoms with E-state index in [2.05, 4.69) is 15.3 Å². The van der Waals surface area contributed by atoms with Gasteiger partial charge in [0.1, 0.15) is 11.6 Å². The molecule has 1 aromatic rings. The third kappa shape index (κ3) is 3.06. The molecular formula is C10H16N4O. The summed E-state index contributed by atoms with van der Waals surface area (Å²) in [5.41, 5.74) is 5.52. The van der Waals surface area contributed by atoms with Crippen LogP contribution in [0.3, 0.4) is 0 Å². The average molecular weight is 208 g/mol. The van der Waals surface area contributed by atoms with Crippen LogP contribution < -0.4 is 11.1 Å². The molecule has 0 bridgehead atoms. The maximum absolute atomic E-state index is 5.52. The zero-order chi connectivity index (χ0) is 10.5. The molecule has 1 aromatic heterocycles. The lowest BCUT2D eigenvalue weighted by molar-refractivity contribution is 0.185. The van der Waals surface area contributed by atoms with Crippen LogP contribution in [0, 0.1) is 5.92 Å². The molecule has 0 amide bonds. The molecule has 0 aliphatic carbocycles. The van der Waals surface area contributed by atoms with Crippen LogP contribution in [0.25, 0.3) is 0 Å². The Kier molecular flexibility index (Phi) is 3.34. The Morgan fingerprint density at radius 1 is 1.53 bits per heavy atom. The summed E-state index contributed by atoms with van der Waals surface area (Å²) in [6.07, 6.45) is 5.50. The van der Waals surface area contributed by atoms with Gasteiger partial charge in [0, 0.05) is 19.8 Å². The monoisotopic (exact) mass is 208 g/mol. The number of nitrogens with one attached hydrogen (secondary N) is 1. The number of ether oxygens (including phenoxy) is 1. The smallest absolute Gasteiger partial charge is 0.146 e. The molecule has 1 aliphatic heterocycles. The molecule has 1 aliphatic rings. The fraction of sp³-hybridized carbons (Fsp3) is 0.600. The first kappa shape index (κ1) is 10.2. The molecule has 1 saturated heterocycles. The van der Waals surface area contributed by atoms with E-state index in [1.807, 2.05) is 0 Å². The van der Waals surface area contributed by atoms with Crippen molar-refractivity contribution in [2.45, 2.75) is 12.8 Å². The van der Waals surface area contributed by atoms with Gasteiger partial charge in [-0.05, 0) is 18.8 Å². The third-order valence-corrected chi connectivity index (χ3v) is 2.54. The number of hydrogen-bond acceptors (Lipinski definition) is 5. The molecule has 15 heavy (non-hydrogen) atoms. The van der Waals surface area contributed by atoms with Crippen LogP contribution in [0.2, 0.25) is 0 Å². The number of nitrogens with zero attached hydrogens (tertiary/aromatic N) is 2. The lowest BCUT2D eigenvalue weighted by atomic mass is 10.1. The van der Waals surface area contributed by atoms with E-state index >= 15 is 0 Å². The van der Waals surface area contributed by atoms with Gasteiger partial charge in [0.25, 0.3) is 0 Å². The van der Waals surface area contributed by atoms with Gasteiger partial charge >= 0.3 is 0 Å². The lowest BCUT2D eigenvalue weighted by Crippen LogP contribution is -2.10. The van der Waals surface area contributed by atoms with E-state index in [0.717, 1.165) is 32.0 Å². The van der Waals surface area contributed by atoms with Crippen molar-refractivity contribution in [2.24, 2.45) is 5.92 Å². The molecular weight excluding hydrogens is 192 g/mol. The highest BCUT2D eigenvalue weighted by Crippen LogP contribution is 2.16. The molecule has 1 fully saturated rings. The lowest BCUT2D eigenvalue weighted by Gasteiger charge is -2.08. The Labute approximate surface area is 89.1 Å². The third-order valence-electron chi connectivity index (χ3n) is 2.54. The van der Waals surface area contributed by atoms with Gasteiger partial charge in [-0.3, -0.25) is 4.98 Å². The van der Waals surface area contributed by atoms with E-state index in [1.54, 1.807) is 6.20 Å². The summed E-state index contributed by atoms with van der Waals surface area (Å²) in [4.78, 5) is 8.07. The van der Waals surface area contributed by atoms with E-state index in [0.29, 0.717) is 11.7 Å². The van der Waals surface area contributed by atoms with Crippen molar-refractivity contribution in [1.29, 1.82) is 0 Å². The second-order valence-electron chi connectivity index (χ2n) is 3.77. The Hall–Kier alpha value is -1.36. The van der Waals surface area contributed by atoms with Gasteiger partial charge < -0.3 is 15.8 Å². The summed E-state index contributed by atoms with van der Waals surface area (Å²) >= 11 is 0. The summed E-state index contributed by atoms with van der Waals surface area (Å²) in [6, 6.07) is 0. The Morgan fingerprint density at radius 3 is 3.20 bits per heavy atom. The minimum atomic E-state index is 0.448. The van der Waals surface area contributed by atoms with Crippen molar-refractivity contribution in [2.75, 3.05) is 30.8 Å². The highest BCUT2D eigenvalue weighted by molar-refractivity contribution is 5.38. The zero-order valence-corrected chi connectivity index (χ0v) is 8.65. The molecule has 82 valence electrons. The van der Waals surface area contributed by atoms with Gasteiger partial charge in [-0.2, -0.15) is 0 Å². The Morgan fingerprint density at radius 2 is 2.47 bits per heavy atom. The van der Waals surface area contributed by atoms with E-state index in [1.165, 1.54) is 12.6 Å². The highest BCUT2D eigenvalue weighted by Gasteiger charge is 2.14. The molecule has 0 saturated carbocycles.